The molecule has 4 rings (SSSR count). The summed E-state index contributed by atoms with van der Waals surface area (Å²) in [5, 5.41) is 3.48. The monoisotopic (exact) mass is 384 g/mol. The molecule has 1 aliphatic rings. The highest BCUT2D eigenvalue weighted by Crippen LogP contribution is 2.44. The zero-order chi connectivity index (χ0) is 18.1. The first kappa shape index (κ1) is 16.9. The summed E-state index contributed by atoms with van der Waals surface area (Å²) in [5.41, 5.74) is 2.49. The minimum Gasteiger partial charge on any atom is -0.493 e. The molecule has 1 N–H and O–H groups in total. The van der Waals surface area contributed by atoms with Crippen LogP contribution in [-0.4, -0.2) is 25.1 Å². The molecular formula is C19H16N2O3S2. The third kappa shape index (κ3) is 2.93. The second-order valence-corrected chi connectivity index (χ2v) is 7.67. The molecule has 0 atom stereocenters. The van der Waals surface area contributed by atoms with Crippen molar-refractivity contribution < 1.29 is 14.3 Å². The van der Waals surface area contributed by atoms with Crippen molar-refractivity contribution in [3.8, 4) is 22.8 Å². The standard InChI is InChI=1S/C19H16N2O3S2/c1-23-13-8-5-7-12(17(13)24-2)18(22)21-19-20-16-11-6-3-4-9-14(11)25-10-15(16)26-19/h3-9H,10H2,1-2H3,(H,20,21,22). The molecule has 132 valence electrons. The zero-order valence-corrected chi connectivity index (χ0v) is 15.9. The molecule has 1 amide bonds. The lowest BCUT2D eigenvalue weighted by Crippen LogP contribution is -2.13. The maximum atomic E-state index is 12.7. The second kappa shape index (κ2) is 7.01. The van der Waals surface area contributed by atoms with Crippen LogP contribution in [0.5, 0.6) is 11.5 Å². The number of fused-ring (bicyclic) bond motifs is 3. The highest BCUT2D eigenvalue weighted by atomic mass is 32.2. The number of benzene rings is 2. The molecule has 0 aliphatic carbocycles. The van der Waals surface area contributed by atoms with Gasteiger partial charge in [0, 0.05) is 21.1 Å². The highest BCUT2D eigenvalue weighted by Gasteiger charge is 2.23. The molecule has 0 saturated carbocycles. The van der Waals surface area contributed by atoms with Crippen LogP contribution in [-0.2, 0) is 5.75 Å². The number of carbonyl (C=O) groups is 1. The summed E-state index contributed by atoms with van der Waals surface area (Å²) in [5.74, 6) is 1.52. The van der Waals surface area contributed by atoms with Crippen LogP contribution in [0, 0.1) is 0 Å². The average molecular weight is 384 g/mol. The highest BCUT2D eigenvalue weighted by molar-refractivity contribution is 7.98. The molecule has 1 aromatic heterocycles. The number of aromatic nitrogens is 1. The van der Waals surface area contributed by atoms with Gasteiger partial charge in [0.2, 0.25) is 0 Å². The van der Waals surface area contributed by atoms with Crippen LogP contribution in [0.1, 0.15) is 15.2 Å². The molecule has 0 saturated heterocycles. The Balaban J connectivity index is 1.64. The molecular weight excluding hydrogens is 368 g/mol. The van der Waals surface area contributed by atoms with Gasteiger partial charge < -0.3 is 9.47 Å². The molecule has 0 fully saturated rings. The Bertz CT molecular complexity index is 985. The molecule has 0 spiro atoms. The summed E-state index contributed by atoms with van der Waals surface area (Å²) in [7, 11) is 3.06. The summed E-state index contributed by atoms with van der Waals surface area (Å²) in [6, 6.07) is 13.4. The van der Waals surface area contributed by atoms with E-state index in [-0.39, 0.29) is 5.91 Å². The minimum atomic E-state index is -0.271. The number of thiazole rings is 1. The van der Waals surface area contributed by atoms with Gasteiger partial charge in [0.25, 0.3) is 5.91 Å². The number of rotatable bonds is 4. The number of amides is 1. The van der Waals surface area contributed by atoms with Crippen molar-refractivity contribution in [3.63, 3.8) is 0 Å². The number of nitrogens with zero attached hydrogens (tertiary/aromatic N) is 1. The molecule has 26 heavy (non-hydrogen) atoms. The Labute approximate surface area is 159 Å². The molecule has 0 bridgehead atoms. The van der Waals surface area contributed by atoms with E-state index in [1.807, 2.05) is 12.1 Å². The van der Waals surface area contributed by atoms with Gasteiger partial charge in [-0.15, -0.1) is 23.1 Å². The van der Waals surface area contributed by atoms with Crippen LogP contribution in [0.4, 0.5) is 5.13 Å². The minimum absolute atomic E-state index is 0.271. The summed E-state index contributed by atoms with van der Waals surface area (Å²) in [6.45, 7) is 0. The fourth-order valence-electron chi connectivity index (χ4n) is 2.88. The fourth-order valence-corrected chi connectivity index (χ4v) is 4.97. The van der Waals surface area contributed by atoms with Crippen LogP contribution in [0.25, 0.3) is 11.3 Å². The van der Waals surface area contributed by atoms with Gasteiger partial charge in [-0.1, -0.05) is 24.3 Å². The molecule has 3 aromatic rings. The Morgan fingerprint density at radius 1 is 1.12 bits per heavy atom. The van der Waals surface area contributed by atoms with Gasteiger partial charge in [-0.05, 0) is 18.2 Å². The summed E-state index contributed by atoms with van der Waals surface area (Å²) < 4.78 is 10.6. The lowest BCUT2D eigenvalue weighted by atomic mass is 10.1. The number of anilines is 1. The van der Waals surface area contributed by atoms with E-state index in [4.69, 9.17) is 9.47 Å². The van der Waals surface area contributed by atoms with Gasteiger partial charge in [-0.25, -0.2) is 4.98 Å². The Morgan fingerprint density at radius 2 is 1.96 bits per heavy atom. The maximum absolute atomic E-state index is 12.7. The van der Waals surface area contributed by atoms with E-state index in [1.165, 1.54) is 28.2 Å². The number of ether oxygens (including phenoxy) is 2. The molecule has 2 heterocycles. The van der Waals surface area contributed by atoms with E-state index >= 15 is 0 Å². The summed E-state index contributed by atoms with van der Waals surface area (Å²) in [6.07, 6.45) is 0. The normalized spacial score (nSPS) is 12.1. The average Bonchev–Trinajstić information content (AvgIpc) is 3.10. The number of hydrogen-bond donors (Lipinski definition) is 1. The first-order valence-electron chi connectivity index (χ1n) is 7.95. The van der Waals surface area contributed by atoms with Gasteiger partial charge in [0.05, 0.1) is 25.5 Å². The van der Waals surface area contributed by atoms with Crippen molar-refractivity contribution in [3.05, 3.63) is 52.9 Å². The third-order valence-corrected chi connectivity index (χ3v) is 6.32. The predicted octanol–water partition coefficient (Wildman–Crippen LogP) is 4.69. The fraction of sp³-hybridized carbons (Fsp3) is 0.158. The molecule has 7 heteroatoms. The van der Waals surface area contributed by atoms with Crippen LogP contribution in [0.15, 0.2) is 47.4 Å². The van der Waals surface area contributed by atoms with Gasteiger partial charge in [0.15, 0.2) is 16.6 Å². The number of nitrogens with one attached hydrogen (secondary N) is 1. The predicted molar refractivity (Wildman–Crippen MR) is 105 cm³/mol. The van der Waals surface area contributed by atoms with Crippen LogP contribution in [0.3, 0.4) is 0 Å². The molecule has 0 unspecified atom stereocenters. The van der Waals surface area contributed by atoms with Gasteiger partial charge in [-0.3, -0.25) is 10.1 Å². The second-order valence-electron chi connectivity index (χ2n) is 5.57. The molecule has 1 aliphatic heterocycles. The Morgan fingerprint density at radius 3 is 2.77 bits per heavy atom. The molecule has 0 radical (unpaired) electrons. The molecule has 2 aromatic carbocycles. The summed E-state index contributed by atoms with van der Waals surface area (Å²) in [4.78, 5) is 19.8. The number of methoxy groups -OCH3 is 2. The lowest BCUT2D eigenvalue weighted by Gasteiger charge is -2.13. The van der Waals surface area contributed by atoms with Crippen molar-refractivity contribution in [1.29, 1.82) is 0 Å². The van der Waals surface area contributed by atoms with Crippen LogP contribution >= 0.6 is 23.1 Å². The van der Waals surface area contributed by atoms with E-state index in [0.29, 0.717) is 22.2 Å². The lowest BCUT2D eigenvalue weighted by molar-refractivity contribution is 0.102. The smallest absolute Gasteiger partial charge is 0.261 e. The topological polar surface area (TPSA) is 60.5 Å². The Hall–Kier alpha value is -2.51. The van der Waals surface area contributed by atoms with Crippen LogP contribution < -0.4 is 14.8 Å². The van der Waals surface area contributed by atoms with Gasteiger partial charge >= 0.3 is 0 Å². The number of para-hydroxylation sites is 1. The maximum Gasteiger partial charge on any atom is 0.261 e. The Kier molecular flexibility index (Phi) is 4.57. The van der Waals surface area contributed by atoms with Crippen molar-refractivity contribution >= 4 is 34.1 Å². The van der Waals surface area contributed by atoms with E-state index in [2.05, 4.69) is 22.4 Å². The van der Waals surface area contributed by atoms with E-state index < -0.39 is 0 Å². The van der Waals surface area contributed by atoms with Crippen molar-refractivity contribution in [2.24, 2.45) is 0 Å². The first-order chi connectivity index (χ1) is 12.7. The largest absolute Gasteiger partial charge is 0.493 e. The van der Waals surface area contributed by atoms with Crippen molar-refractivity contribution in [2.45, 2.75) is 10.6 Å². The quantitative estimate of drug-likeness (QED) is 0.707. The number of carbonyl (C=O) groups excluding carboxylic acids is 1. The SMILES string of the molecule is COc1cccc(C(=O)Nc2nc3c(s2)CSc2ccccc2-3)c1OC. The van der Waals surface area contributed by atoms with Gasteiger partial charge in [-0.2, -0.15) is 0 Å². The van der Waals surface area contributed by atoms with Crippen LogP contribution in [0.2, 0.25) is 0 Å². The van der Waals surface area contributed by atoms with Crippen molar-refractivity contribution in [1.82, 2.24) is 4.98 Å². The number of thioether (sulfide) groups is 1. The van der Waals surface area contributed by atoms with Crippen molar-refractivity contribution in [2.75, 3.05) is 19.5 Å². The zero-order valence-electron chi connectivity index (χ0n) is 14.2. The van der Waals surface area contributed by atoms with Gasteiger partial charge in [0.1, 0.15) is 0 Å². The van der Waals surface area contributed by atoms with E-state index in [1.54, 1.807) is 37.1 Å². The first-order valence-corrected chi connectivity index (χ1v) is 9.75. The summed E-state index contributed by atoms with van der Waals surface area (Å²) >= 11 is 3.30. The van der Waals surface area contributed by atoms with E-state index in [9.17, 15) is 4.79 Å². The molecule has 5 nitrogen and oxygen atoms in total. The number of hydrogen-bond acceptors (Lipinski definition) is 6. The third-order valence-electron chi connectivity index (χ3n) is 4.07. The van der Waals surface area contributed by atoms with E-state index in [0.717, 1.165) is 17.0 Å².